The molecule has 0 aliphatic rings. The number of nitriles is 1. The smallest absolute Gasteiger partial charge is 0.216 e. The molecule has 0 aliphatic carbocycles. The van der Waals surface area contributed by atoms with Crippen LogP contribution in [0.2, 0.25) is 0 Å². The molecule has 2 aromatic rings. The number of anilines is 2. The molecule has 2 N–H and O–H groups in total. The summed E-state index contributed by atoms with van der Waals surface area (Å²) in [5, 5.41) is 25.4. The number of H-pyrrole nitrogens is 1. The molecule has 1 aromatic heterocycles. The van der Waals surface area contributed by atoms with Crippen LogP contribution >= 0.6 is 0 Å². The van der Waals surface area contributed by atoms with E-state index < -0.39 is 0 Å². The van der Waals surface area contributed by atoms with E-state index >= 15 is 0 Å². The van der Waals surface area contributed by atoms with Crippen LogP contribution in [-0.2, 0) is 0 Å². The second-order valence-corrected chi connectivity index (χ2v) is 4.33. The fourth-order valence-electron chi connectivity index (χ4n) is 1.65. The first-order chi connectivity index (χ1) is 10.2. The summed E-state index contributed by atoms with van der Waals surface area (Å²) < 4.78 is 5.34. The highest BCUT2D eigenvalue weighted by molar-refractivity contribution is 5.75. The van der Waals surface area contributed by atoms with Gasteiger partial charge in [-0.3, -0.25) is 0 Å². The maximum Gasteiger partial charge on any atom is 0.216 e. The molecule has 0 amide bonds. The number of methoxy groups -OCH3 is 1. The zero-order chi connectivity index (χ0) is 15.2. The quantitative estimate of drug-likeness (QED) is 0.797. The summed E-state index contributed by atoms with van der Waals surface area (Å²) >= 11 is 0. The molecule has 8 heteroatoms. The Morgan fingerprint density at radius 2 is 2.29 bits per heavy atom. The van der Waals surface area contributed by atoms with Gasteiger partial charge in [0.15, 0.2) is 0 Å². The molecular weight excluding hydrogens is 270 g/mol. The minimum absolute atomic E-state index is 0.230. The summed E-state index contributed by atoms with van der Waals surface area (Å²) in [5.41, 5.74) is 2.02. The molecular formula is C13H15N7O. The number of nitrogens with zero attached hydrogens (tertiary/aromatic N) is 5. The number of allylic oxidation sites excluding steroid dienone is 1. The van der Waals surface area contributed by atoms with E-state index in [2.05, 4.69) is 25.9 Å². The highest BCUT2D eigenvalue weighted by Crippen LogP contribution is 2.29. The maximum atomic E-state index is 9.10. The van der Waals surface area contributed by atoms with Gasteiger partial charge in [-0.25, -0.2) is 0 Å². The van der Waals surface area contributed by atoms with Crippen molar-refractivity contribution in [1.29, 1.82) is 5.26 Å². The van der Waals surface area contributed by atoms with Crippen molar-refractivity contribution < 1.29 is 4.74 Å². The van der Waals surface area contributed by atoms with Gasteiger partial charge in [-0.15, -0.1) is 10.2 Å². The highest BCUT2D eigenvalue weighted by atomic mass is 16.5. The second kappa shape index (κ2) is 6.38. The first-order valence-electron chi connectivity index (χ1n) is 6.11. The third-order valence-electron chi connectivity index (χ3n) is 2.78. The van der Waals surface area contributed by atoms with Crippen LogP contribution in [0.5, 0.6) is 5.75 Å². The standard InChI is InChI=1S/C13H15N7O/c1-20(2)10-4-5-11(12(6-10)21-3)15-8-9(7-14)13-16-18-19-17-13/h4-6,8,15H,1-3H3,(H,16,17,18,19). The molecule has 1 aromatic carbocycles. The Hall–Kier alpha value is -3.08. The number of tetrazole rings is 1. The average Bonchev–Trinajstić information content (AvgIpc) is 3.02. The Labute approximate surface area is 122 Å². The van der Waals surface area contributed by atoms with Crippen LogP contribution in [0.4, 0.5) is 11.4 Å². The van der Waals surface area contributed by atoms with Gasteiger partial charge < -0.3 is 15.0 Å². The van der Waals surface area contributed by atoms with Crippen molar-refractivity contribution in [2.45, 2.75) is 0 Å². The van der Waals surface area contributed by atoms with Gasteiger partial charge >= 0.3 is 0 Å². The number of benzene rings is 1. The number of aromatic amines is 1. The van der Waals surface area contributed by atoms with Gasteiger partial charge in [-0.2, -0.15) is 10.5 Å². The number of rotatable bonds is 5. The number of nitrogens with one attached hydrogen (secondary N) is 2. The first kappa shape index (κ1) is 14.3. The monoisotopic (exact) mass is 285 g/mol. The summed E-state index contributed by atoms with van der Waals surface area (Å²) in [7, 11) is 5.49. The normalized spacial score (nSPS) is 10.9. The number of hydrogen-bond acceptors (Lipinski definition) is 7. The fraction of sp³-hybridized carbons (Fsp3) is 0.231. The van der Waals surface area contributed by atoms with E-state index in [1.54, 1.807) is 7.11 Å². The summed E-state index contributed by atoms with van der Waals surface area (Å²) in [6, 6.07) is 7.72. The van der Waals surface area contributed by atoms with E-state index in [0.717, 1.165) is 11.4 Å². The van der Waals surface area contributed by atoms with Gasteiger partial charge in [0, 0.05) is 32.0 Å². The van der Waals surface area contributed by atoms with Gasteiger partial charge in [0.2, 0.25) is 5.82 Å². The Balaban J connectivity index is 2.25. The fourth-order valence-corrected chi connectivity index (χ4v) is 1.65. The van der Waals surface area contributed by atoms with Crippen molar-refractivity contribution in [3.05, 3.63) is 30.2 Å². The lowest BCUT2D eigenvalue weighted by Crippen LogP contribution is -2.08. The second-order valence-electron chi connectivity index (χ2n) is 4.33. The van der Waals surface area contributed by atoms with Crippen molar-refractivity contribution in [3.63, 3.8) is 0 Å². The van der Waals surface area contributed by atoms with Crippen LogP contribution in [0.3, 0.4) is 0 Å². The summed E-state index contributed by atoms with van der Waals surface area (Å²) in [6.07, 6.45) is 1.51. The van der Waals surface area contributed by atoms with Crippen molar-refractivity contribution in [1.82, 2.24) is 20.6 Å². The first-order valence-corrected chi connectivity index (χ1v) is 6.11. The molecule has 0 unspecified atom stereocenters. The van der Waals surface area contributed by atoms with E-state index in [1.807, 2.05) is 43.3 Å². The SMILES string of the molecule is COc1cc(N(C)C)ccc1NC=C(C#N)c1nn[nH]n1. The molecule has 2 rings (SSSR count). The lowest BCUT2D eigenvalue weighted by molar-refractivity contribution is 0.417. The largest absolute Gasteiger partial charge is 0.494 e. The topological polar surface area (TPSA) is 103 Å². The summed E-state index contributed by atoms with van der Waals surface area (Å²) in [4.78, 5) is 1.97. The molecule has 0 radical (unpaired) electrons. The van der Waals surface area contributed by atoms with Crippen molar-refractivity contribution in [2.24, 2.45) is 0 Å². The molecule has 0 saturated heterocycles. The van der Waals surface area contributed by atoms with Crippen LogP contribution in [-0.4, -0.2) is 41.8 Å². The van der Waals surface area contributed by atoms with Crippen molar-refractivity contribution >= 4 is 16.9 Å². The zero-order valence-electron chi connectivity index (χ0n) is 12.0. The molecule has 0 saturated carbocycles. The van der Waals surface area contributed by atoms with Crippen LogP contribution < -0.4 is 15.0 Å². The van der Waals surface area contributed by atoms with Gasteiger partial charge in [0.25, 0.3) is 0 Å². The van der Waals surface area contributed by atoms with Crippen LogP contribution in [0, 0.1) is 11.3 Å². The minimum atomic E-state index is 0.230. The third-order valence-corrected chi connectivity index (χ3v) is 2.78. The number of aromatic nitrogens is 4. The van der Waals surface area contributed by atoms with Crippen LogP contribution in [0.15, 0.2) is 24.4 Å². The van der Waals surface area contributed by atoms with Gasteiger partial charge in [0.05, 0.1) is 12.8 Å². The van der Waals surface area contributed by atoms with Gasteiger partial charge in [-0.1, -0.05) is 0 Å². The number of hydrogen-bond donors (Lipinski definition) is 2. The molecule has 0 bridgehead atoms. The highest BCUT2D eigenvalue weighted by Gasteiger charge is 2.08. The lowest BCUT2D eigenvalue weighted by Gasteiger charge is -2.15. The van der Waals surface area contributed by atoms with Gasteiger partial charge in [-0.05, 0) is 17.3 Å². The molecule has 8 nitrogen and oxygen atoms in total. The Morgan fingerprint density at radius 3 is 2.86 bits per heavy atom. The van der Waals surface area contributed by atoms with E-state index in [0.29, 0.717) is 5.75 Å². The molecule has 108 valence electrons. The van der Waals surface area contributed by atoms with Crippen molar-refractivity contribution in [2.75, 3.05) is 31.4 Å². The molecule has 0 spiro atoms. The summed E-state index contributed by atoms with van der Waals surface area (Å²) in [6.45, 7) is 0. The zero-order valence-corrected chi connectivity index (χ0v) is 12.0. The summed E-state index contributed by atoms with van der Waals surface area (Å²) in [5.74, 6) is 0.900. The third kappa shape index (κ3) is 3.27. The van der Waals surface area contributed by atoms with E-state index in [9.17, 15) is 0 Å². The average molecular weight is 285 g/mol. The molecule has 0 atom stereocenters. The Kier molecular flexibility index (Phi) is 4.36. The molecule has 1 heterocycles. The molecule has 0 aliphatic heterocycles. The van der Waals surface area contributed by atoms with E-state index in [-0.39, 0.29) is 11.4 Å². The lowest BCUT2D eigenvalue weighted by atomic mass is 10.2. The van der Waals surface area contributed by atoms with Crippen molar-refractivity contribution in [3.8, 4) is 11.8 Å². The van der Waals surface area contributed by atoms with Crippen LogP contribution in [0.25, 0.3) is 5.57 Å². The predicted octanol–water partition coefficient (Wildman–Crippen LogP) is 1.25. The molecule has 21 heavy (non-hydrogen) atoms. The Bertz CT molecular complexity index is 670. The Morgan fingerprint density at radius 1 is 1.48 bits per heavy atom. The maximum absolute atomic E-state index is 9.10. The van der Waals surface area contributed by atoms with E-state index in [1.165, 1.54) is 6.20 Å². The minimum Gasteiger partial charge on any atom is -0.494 e. The van der Waals surface area contributed by atoms with E-state index in [4.69, 9.17) is 10.00 Å². The predicted molar refractivity (Wildman–Crippen MR) is 78.7 cm³/mol. The molecule has 0 fully saturated rings. The van der Waals surface area contributed by atoms with Crippen LogP contribution in [0.1, 0.15) is 5.82 Å². The number of ether oxygens (including phenoxy) is 1. The van der Waals surface area contributed by atoms with Gasteiger partial charge in [0.1, 0.15) is 17.4 Å².